The average Bonchev–Trinajstić information content (AvgIpc) is 2.35. The Bertz CT molecular complexity index is 408. The number of nitrogens with zero attached hydrogens (tertiary/aromatic N) is 3. The molecule has 0 saturated heterocycles. The summed E-state index contributed by atoms with van der Waals surface area (Å²) in [6, 6.07) is -0.0971. The Labute approximate surface area is 100 Å². The molecule has 1 aromatic heterocycles. The number of rotatable bonds is 5. The number of nitrogens with two attached hydrogens (primary N) is 1. The second-order valence-corrected chi connectivity index (χ2v) is 3.59. The molecule has 0 aliphatic carbocycles. The zero-order valence-electron chi connectivity index (χ0n) is 9.96. The van der Waals surface area contributed by atoms with Crippen molar-refractivity contribution in [2.24, 2.45) is 0 Å². The van der Waals surface area contributed by atoms with Gasteiger partial charge in [0.15, 0.2) is 11.6 Å². The van der Waals surface area contributed by atoms with Gasteiger partial charge >= 0.3 is 0 Å². The average molecular weight is 236 g/mol. The molecule has 1 rings (SSSR count). The van der Waals surface area contributed by atoms with E-state index in [2.05, 4.69) is 16.5 Å². The number of likely N-dealkylation sites (N-methyl/N-ethyl adjacent to an activating group) is 1. The highest BCUT2D eigenvalue weighted by Crippen LogP contribution is 2.15. The summed E-state index contributed by atoms with van der Waals surface area (Å²) in [6.07, 6.45) is 4.10. The molecule has 0 bridgehead atoms. The van der Waals surface area contributed by atoms with Crippen molar-refractivity contribution in [3.63, 3.8) is 0 Å². The molecule has 0 aliphatic heterocycles. The lowest BCUT2D eigenvalue weighted by Crippen LogP contribution is -2.37. The van der Waals surface area contributed by atoms with Crippen LogP contribution in [0.4, 0.5) is 5.82 Å². The fourth-order valence-corrected chi connectivity index (χ4v) is 1.12. The van der Waals surface area contributed by atoms with Crippen LogP contribution in [0.2, 0.25) is 0 Å². The molecule has 1 atom stereocenters. The van der Waals surface area contributed by atoms with Gasteiger partial charge in [0.25, 0.3) is 0 Å². The Kier molecular flexibility index (Phi) is 4.45. The number of carbonyl (C=O) groups excluding carboxylic acids is 1. The molecule has 1 heterocycles. The molecule has 0 aromatic carbocycles. The number of amides is 1. The van der Waals surface area contributed by atoms with E-state index < -0.39 is 0 Å². The summed E-state index contributed by atoms with van der Waals surface area (Å²) < 4.78 is 5.44. The van der Waals surface area contributed by atoms with Crippen molar-refractivity contribution in [3.05, 3.63) is 25.2 Å². The van der Waals surface area contributed by atoms with Gasteiger partial charge < -0.3 is 15.4 Å². The van der Waals surface area contributed by atoms with Crippen molar-refractivity contribution >= 4 is 11.7 Å². The maximum absolute atomic E-state index is 11.3. The van der Waals surface area contributed by atoms with Crippen molar-refractivity contribution in [1.82, 2.24) is 14.9 Å². The van der Waals surface area contributed by atoms with Gasteiger partial charge in [-0.05, 0) is 13.0 Å². The third kappa shape index (κ3) is 3.44. The molecule has 17 heavy (non-hydrogen) atoms. The largest absolute Gasteiger partial charge is 0.486 e. The number of aromatic nitrogens is 2. The van der Waals surface area contributed by atoms with E-state index in [4.69, 9.17) is 10.5 Å². The Morgan fingerprint density at radius 2 is 2.47 bits per heavy atom. The summed E-state index contributed by atoms with van der Waals surface area (Å²) in [7, 11) is 1.68. The molecule has 0 fully saturated rings. The molecule has 0 spiro atoms. The molecule has 1 amide bonds. The van der Waals surface area contributed by atoms with Gasteiger partial charge in [-0.1, -0.05) is 6.58 Å². The first-order valence-electron chi connectivity index (χ1n) is 5.13. The lowest BCUT2D eigenvalue weighted by Gasteiger charge is -2.23. The lowest BCUT2D eigenvalue weighted by molar-refractivity contribution is -0.126. The van der Waals surface area contributed by atoms with Crippen molar-refractivity contribution in [1.29, 1.82) is 0 Å². The van der Waals surface area contributed by atoms with E-state index in [-0.39, 0.29) is 17.8 Å². The number of ether oxygens (including phenoxy) is 1. The molecule has 0 saturated carbocycles. The smallest absolute Gasteiger partial charge is 0.246 e. The number of anilines is 1. The van der Waals surface area contributed by atoms with E-state index in [0.717, 1.165) is 0 Å². The third-order valence-electron chi connectivity index (χ3n) is 2.37. The Morgan fingerprint density at radius 3 is 3.06 bits per heavy atom. The van der Waals surface area contributed by atoms with Crippen molar-refractivity contribution in [3.8, 4) is 5.75 Å². The summed E-state index contributed by atoms with van der Waals surface area (Å²) in [5.41, 5.74) is 5.60. The van der Waals surface area contributed by atoms with E-state index in [9.17, 15) is 4.79 Å². The molecule has 6 nitrogen and oxygen atoms in total. The van der Waals surface area contributed by atoms with Gasteiger partial charge in [-0.2, -0.15) is 0 Å². The van der Waals surface area contributed by atoms with Crippen LogP contribution in [-0.4, -0.2) is 40.5 Å². The normalized spacial score (nSPS) is 11.6. The molecular weight excluding hydrogens is 220 g/mol. The molecule has 1 unspecified atom stereocenters. The van der Waals surface area contributed by atoms with E-state index in [1.807, 2.05) is 6.92 Å². The predicted octanol–water partition coefficient (Wildman–Crippen LogP) is 0.470. The van der Waals surface area contributed by atoms with Crippen molar-refractivity contribution in [2.75, 3.05) is 19.4 Å². The predicted molar refractivity (Wildman–Crippen MR) is 64.4 cm³/mol. The molecule has 0 aliphatic rings. The number of nitrogen functional groups attached to an aromatic ring is 1. The van der Waals surface area contributed by atoms with Gasteiger partial charge in [-0.25, -0.2) is 9.97 Å². The van der Waals surface area contributed by atoms with Crippen LogP contribution in [-0.2, 0) is 4.79 Å². The second kappa shape index (κ2) is 5.83. The summed E-state index contributed by atoms with van der Waals surface area (Å²) in [5.74, 6) is 0.544. The monoisotopic (exact) mass is 236 g/mol. The maximum Gasteiger partial charge on any atom is 0.246 e. The SMILES string of the molecule is C=CC(=O)N(C)C(C)COc1cncnc1N. The quantitative estimate of drug-likeness (QED) is 0.751. The van der Waals surface area contributed by atoms with Gasteiger partial charge in [-0.15, -0.1) is 0 Å². The van der Waals surface area contributed by atoms with Crippen LogP contribution < -0.4 is 10.5 Å². The third-order valence-corrected chi connectivity index (χ3v) is 2.37. The second-order valence-electron chi connectivity index (χ2n) is 3.59. The van der Waals surface area contributed by atoms with Crippen molar-refractivity contribution < 1.29 is 9.53 Å². The van der Waals surface area contributed by atoms with Crippen molar-refractivity contribution in [2.45, 2.75) is 13.0 Å². The van der Waals surface area contributed by atoms with E-state index in [0.29, 0.717) is 12.4 Å². The first-order valence-corrected chi connectivity index (χ1v) is 5.13. The van der Waals surface area contributed by atoms with Crippen LogP contribution in [0, 0.1) is 0 Å². The zero-order valence-corrected chi connectivity index (χ0v) is 9.96. The molecule has 92 valence electrons. The minimum absolute atomic E-state index is 0.0971. The Morgan fingerprint density at radius 1 is 1.76 bits per heavy atom. The highest BCUT2D eigenvalue weighted by Gasteiger charge is 2.14. The fourth-order valence-electron chi connectivity index (χ4n) is 1.12. The van der Waals surface area contributed by atoms with Gasteiger partial charge in [0, 0.05) is 7.05 Å². The van der Waals surface area contributed by atoms with Gasteiger partial charge in [0.2, 0.25) is 5.91 Å². The van der Waals surface area contributed by atoms with Crippen LogP contribution >= 0.6 is 0 Å². The Hall–Kier alpha value is -2.11. The molecule has 6 heteroatoms. The van der Waals surface area contributed by atoms with E-state index >= 15 is 0 Å². The minimum Gasteiger partial charge on any atom is -0.486 e. The summed E-state index contributed by atoms with van der Waals surface area (Å²) in [6.45, 7) is 5.60. The first kappa shape index (κ1) is 13.0. The van der Waals surface area contributed by atoms with Crippen LogP contribution in [0.5, 0.6) is 5.75 Å². The first-order chi connectivity index (χ1) is 8.06. The summed E-state index contributed by atoms with van der Waals surface area (Å²) in [4.78, 5) is 20.5. The van der Waals surface area contributed by atoms with Crippen LogP contribution in [0.3, 0.4) is 0 Å². The maximum atomic E-state index is 11.3. The molecular formula is C11H16N4O2. The van der Waals surface area contributed by atoms with E-state index in [1.165, 1.54) is 23.5 Å². The summed E-state index contributed by atoms with van der Waals surface area (Å²) >= 11 is 0. The van der Waals surface area contributed by atoms with Crippen LogP contribution in [0.1, 0.15) is 6.92 Å². The standard InChI is InChI=1S/C11H16N4O2/c1-4-10(16)15(3)8(2)6-17-9-5-13-7-14-11(9)12/h4-5,7-8H,1,6H2,2-3H3,(H2,12,13,14). The van der Waals surface area contributed by atoms with E-state index in [1.54, 1.807) is 7.05 Å². The zero-order chi connectivity index (χ0) is 12.8. The van der Waals surface area contributed by atoms with Gasteiger partial charge in [0.1, 0.15) is 12.9 Å². The summed E-state index contributed by atoms with van der Waals surface area (Å²) in [5, 5.41) is 0. The number of hydrogen-bond donors (Lipinski definition) is 1. The van der Waals surface area contributed by atoms with Crippen LogP contribution in [0.25, 0.3) is 0 Å². The van der Waals surface area contributed by atoms with Gasteiger partial charge in [-0.3, -0.25) is 4.79 Å². The number of carbonyl (C=O) groups is 1. The van der Waals surface area contributed by atoms with Crippen LogP contribution in [0.15, 0.2) is 25.2 Å². The Balaban J connectivity index is 2.54. The topological polar surface area (TPSA) is 81.3 Å². The lowest BCUT2D eigenvalue weighted by atomic mass is 10.3. The molecule has 2 N–H and O–H groups in total. The fraction of sp³-hybridized carbons (Fsp3) is 0.364. The highest BCUT2D eigenvalue weighted by atomic mass is 16.5. The molecule has 0 radical (unpaired) electrons. The highest BCUT2D eigenvalue weighted by molar-refractivity contribution is 5.86. The molecule has 1 aromatic rings. The van der Waals surface area contributed by atoms with Gasteiger partial charge in [0.05, 0.1) is 12.2 Å². The minimum atomic E-state index is -0.154. The number of hydrogen-bond acceptors (Lipinski definition) is 5.